The van der Waals surface area contributed by atoms with Crippen molar-refractivity contribution in [3.05, 3.63) is 53.6 Å². The van der Waals surface area contributed by atoms with E-state index in [1.165, 1.54) is 31.9 Å². The van der Waals surface area contributed by atoms with Crippen LogP contribution >= 0.6 is 0 Å². The zero-order valence-corrected chi connectivity index (χ0v) is 16.7. The lowest BCUT2D eigenvalue weighted by atomic mass is 9.88. The maximum absolute atomic E-state index is 12.6. The van der Waals surface area contributed by atoms with Crippen molar-refractivity contribution in [3.8, 4) is 11.5 Å². The average molecular weight is 404 g/mol. The van der Waals surface area contributed by atoms with Gasteiger partial charge in [0.1, 0.15) is 16.4 Å². The Bertz CT molecular complexity index is 959. The largest absolute Gasteiger partial charge is 0.497 e. The van der Waals surface area contributed by atoms with Gasteiger partial charge in [0.2, 0.25) is 15.9 Å². The second-order valence-corrected chi connectivity index (χ2v) is 8.29. The lowest BCUT2D eigenvalue weighted by Crippen LogP contribution is -2.39. The normalized spacial score (nSPS) is 16.1. The number of hydrogen-bond acceptors (Lipinski definition) is 5. The number of benzene rings is 2. The number of ether oxygens (including phenoxy) is 2. The number of fused-ring (bicyclic) bond motifs is 1. The number of nitrogens with one attached hydrogen (secondary N) is 2. The maximum atomic E-state index is 12.6. The second-order valence-electron chi connectivity index (χ2n) is 6.55. The van der Waals surface area contributed by atoms with E-state index in [0.717, 1.165) is 24.8 Å². The molecule has 8 heteroatoms. The predicted octanol–water partition coefficient (Wildman–Crippen LogP) is 2.18. The summed E-state index contributed by atoms with van der Waals surface area (Å²) in [5.41, 5.74) is 2.32. The molecule has 3 rings (SSSR count). The first-order valence-corrected chi connectivity index (χ1v) is 10.5. The van der Waals surface area contributed by atoms with Crippen molar-refractivity contribution < 1.29 is 22.7 Å². The van der Waals surface area contributed by atoms with E-state index in [2.05, 4.69) is 16.1 Å². The Hall–Kier alpha value is -2.58. The third-order valence-electron chi connectivity index (χ3n) is 4.79. The van der Waals surface area contributed by atoms with E-state index in [0.29, 0.717) is 5.75 Å². The van der Waals surface area contributed by atoms with Crippen molar-refractivity contribution >= 4 is 15.9 Å². The minimum atomic E-state index is -3.95. The van der Waals surface area contributed by atoms with Crippen molar-refractivity contribution in [1.29, 1.82) is 0 Å². The van der Waals surface area contributed by atoms with E-state index in [-0.39, 0.29) is 29.1 Å². The molecule has 1 atom stereocenters. The molecule has 0 saturated carbocycles. The van der Waals surface area contributed by atoms with E-state index < -0.39 is 10.0 Å². The Morgan fingerprint density at radius 3 is 2.68 bits per heavy atom. The van der Waals surface area contributed by atoms with E-state index >= 15 is 0 Å². The van der Waals surface area contributed by atoms with Crippen LogP contribution in [0.4, 0.5) is 0 Å². The zero-order chi connectivity index (χ0) is 20.1. The topological polar surface area (TPSA) is 93.7 Å². The van der Waals surface area contributed by atoms with Gasteiger partial charge in [0.25, 0.3) is 0 Å². The highest BCUT2D eigenvalue weighted by Crippen LogP contribution is 2.30. The molecule has 7 nitrogen and oxygen atoms in total. The maximum Gasteiger partial charge on any atom is 0.244 e. The Morgan fingerprint density at radius 2 is 1.93 bits per heavy atom. The molecule has 28 heavy (non-hydrogen) atoms. The van der Waals surface area contributed by atoms with Gasteiger partial charge in [-0.2, -0.15) is 0 Å². The van der Waals surface area contributed by atoms with Gasteiger partial charge in [0, 0.05) is 6.07 Å². The van der Waals surface area contributed by atoms with E-state index in [1.54, 1.807) is 6.07 Å². The number of rotatable bonds is 7. The summed E-state index contributed by atoms with van der Waals surface area (Å²) in [4.78, 5) is 12.3. The Labute approximate surface area is 165 Å². The minimum Gasteiger partial charge on any atom is -0.497 e. The summed E-state index contributed by atoms with van der Waals surface area (Å²) in [5.74, 6) is 0.173. The summed E-state index contributed by atoms with van der Waals surface area (Å²) < 4.78 is 37.8. The molecule has 2 aromatic rings. The molecule has 0 aromatic heterocycles. The first-order valence-electron chi connectivity index (χ1n) is 9.03. The van der Waals surface area contributed by atoms with Crippen LogP contribution < -0.4 is 19.5 Å². The van der Waals surface area contributed by atoms with Gasteiger partial charge >= 0.3 is 0 Å². The second kappa shape index (κ2) is 8.62. The van der Waals surface area contributed by atoms with Crippen LogP contribution in [0, 0.1) is 0 Å². The van der Waals surface area contributed by atoms with Crippen LogP contribution in [0.3, 0.4) is 0 Å². The van der Waals surface area contributed by atoms with Gasteiger partial charge < -0.3 is 14.8 Å². The third kappa shape index (κ3) is 4.45. The summed E-state index contributed by atoms with van der Waals surface area (Å²) in [6.45, 7) is -0.360. The number of carbonyl (C=O) groups is 1. The quantitative estimate of drug-likeness (QED) is 0.738. The van der Waals surface area contributed by atoms with E-state index in [9.17, 15) is 13.2 Å². The number of sulfonamides is 1. The average Bonchev–Trinajstić information content (AvgIpc) is 2.72. The first kappa shape index (κ1) is 20.2. The van der Waals surface area contributed by atoms with E-state index in [4.69, 9.17) is 9.47 Å². The summed E-state index contributed by atoms with van der Waals surface area (Å²) >= 11 is 0. The molecule has 150 valence electrons. The Kier molecular flexibility index (Phi) is 6.21. The molecular formula is C20H24N2O5S. The molecule has 0 spiro atoms. The van der Waals surface area contributed by atoms with Gasteiger partial charge in [-0.1, -0.05) is 24.3 Å². The van der Waals surface area contributed by atoms with Crippen molar-refractivity contribution in [2.75, 3.05) is 20.8 Å². The molecule has 2 N–H and O–H groups in total. The van der Waals surface area contributed by atoms with Gasteiger partial charge in [-0.15, -0.1) is 0 Å². The highest BCUT2D eigenvalue weighted by Gasteiger charge is 2.24. The molecule has 1 aliphatic rings. The molecule has 0 aliphatic heterocycles. The third-order valence-corrected chi connectivity index (χ3v) is 6.21. The van der Waals surface area contributed by atoms with Crippen molar-refractivity contribution in [2.24, 2.45) is 0 Å². The fourth-order valence-corrected chi connectivity index (χ4v) is 4.55. The molecule has 0 radical (unpaired) electrons. The fraction of sp³-hybridized carbons (Fsp3) is 0.350. The summed E-state index contributed by atoms with van der Waals surface area (Å²) in [5, 5.41) is 2.93. The SMILES string of the molecule is COc1ccc(OC)c(S(=O)(=O)NCC(=O)N[C@H]2CCCc3ccccc32)c1. The lowest BCUT2D eigenvalue weighted by Gasteiger charge is -2.26. The van der Waals surface area contributed by atoms with Gasteiger partial charge in [-0.25, -0.2) is 13.1 Å². The van der Waals surface area contributed by atoms with Gasteiger partial charge in [0.05, 0.1) is 26.8 Å². The van der Waals surface area contributed by atoms with Crippen molar-refractivity contribution in [2.45, 2.75) is 30.2 Å². The number of hydrogen-bond donors (Lipinski definition) is 2. The first-order chi connectivity index (χ1) is 13.4. The molecule has 0 saturated heterocycles. The van der Waals surface area contributed by atoms with E-state index in [1.807, 2.05) is 18.2 Å². The Balaban J connectivity index is 1.68. The standard InChI is InChI=1S/C20H24N2O5S/c1-26-15-10-11-18(27-2)19(12-15)28(24,25)21-13-20(23)22-17-9-5-7-14-6-3-4-8-16(14)17/h3-4,6,8,10-12,17,21H,5,7,9,13H2,1-2H3,(H,22,23)/t17-/m0/s1. The monoisotopic (exact) mass is 404 g/mol. The molecule has 1 amide bonds. The van der Waals surface area contributed by atoms with Crippen LogP contribution in [0.2, 0.25) is 0 Å². The van der Waals surface area contributed by atoms with Crippen LogP contribution in [0.5, 0.6) is 11.5 Å². The van der Waals surface area contributed by atoms with Crippen molar-refractivity contribution in [3.63, 3.8) is 0 Å². The Morgan fingerprint density at radius 1 is 1.14 bits per heavy atom. The molecule has 0 bridgehead atoms. The zero-order valence-electron chi connectivity index (χ0n) is 15.9. The van der Waals surface area contributed by atoms with Crippen molar-refractivity contribution in [1.82, 2.24) is 10.0 Å². The highest BCUT2D eigenvalue weighted by atomic mass is 32.2. The molecule has 0 fully saturated rings. The summed E-state index contributed by atoms with van der Waals surface area (Å²) in [6, 6.07) is 12.4. The molecule has 1 aliphatic carbocycles. The summed E-state index contributed by atoms with van der Waals surface area (Å²) in [6.07, 6.45) is 2.80. The van der Waals surface area contributed by atoms with Gasteiger partial charge in [-0.3, -0.25) is 4.79 Å². The van der Waals surface area contributed by atoms with Crippen LogP contribution in [0.15, 0.2) is 47.4 Å². The number of aryl methyl sites for hydroxylation is 1. The van der Waals surface area contributed by atoms with Crippen LogP contribution in [0.25, 0.3) is 0 Å². The summed E-state index contributed by atoms with van der Waals surface area (Å²) in [7, 11) is -1.12. The highest BCUT2D eigenvalue weighted by molar-refractivity contribution is 7.89. The lowest BCUT2D eigenvalue weighted by molar-refractivity contribution is -0.120. The van der Waals surface area contributed by atoms with Crippen LogP contribution in [0.1, 0.15) is 30.0 Å². The number of carbonyl (C=O) groups excluding carboxylic acids is 1. The van der Waals surface area contributed by atoms with Crippen LogP contribution in [-0.2, 0) is 21.2 Å². The van der Waals surface area contributed by atoms with Crippen LogP contribution in [-0.4, -0.2) is 35.1 Å². The molecule has 0 heterocycles. The van der Waals surface area contributed by atoms with Gasteiger partial charge in [0.15, 0.2) is 0 Å². The minimum absolute atomic E-state index is 0.0786. The number of amides is 1. The fourth-order valence-electron chi connectivity index (χ4n) is 3.38. The predicted molar refractivity (Wildman–Crippen MR) is 105 cm³/mol. The van der Waals surface area contributed by atoms with Gasteiger partial charge in [-0.05, 0) is 42.5 Å². The molecule has 2 aromatic carbocycles. The smallest absolute Gasteiger partial charge is 0.244 e. The number of methoxy groups -OCH3 is 2. The molecule has 0 unspecified atom stereocenters. The molecular weight excluding hydrogens is 380 g/mol.